The van der Waals surface area contributed by atoms with Crippen LogP contribution in [0.25, 0.3) is 0 Å². The van der Waals surface area contributed by atoms with Crippen LogP contribution in [0.4, 0.5) is 13.2 Å². The highest BCUT2D eigenvalue weighted by atomic mass is 19.4. The van der Waals surface area contributed by atoms with Gasteiger partial charge >= 0.3 is 6.18 Å². The number of aromatic nitrogens is 1. The maximum Gasteiger partial charge on any atom is 0.425 e. The van der Waals surface area contributed by atoms with Gasteiger partial charge in [-0.05, 0) is 32.4 Å². The highest BCUT2D eigenvalue weighted by Gasteiger charge is 2.38. The lowest BCUT2D eigenvalue weighted by molar-refractivity contribution is -0.190. The number of alkyl halides is 3. The summed E-state index contributed by atoms with van der Waals surface area (Å²) in [6, 6.07) is 3.41. The van der Waals surface area contributed by atoms with Crippen LogP contribution in [0.1, 0.15) is 23.7 Å². The van der Waals surface area contributed by atoms with Gasteiger partial charge in [-0.2, -0.15) is 18.4 Å². The summed E-state index contributed by atoms with van der Waals surface area (Å²) in [4.78, 5) is 3.81. The SMILES string of the molecule is Cc1cc(C)c(C#N)c(OC(C)C(F)(F)F)n1. The Hall–Kier alpha value is -1.77. The lowest BCUT2D eigenvalue weighted by atomic mass is 10.1. The second-order valence-corrected chi connectivity index (χ2v) is 3.67. The first-order chi connectivity index (χ1) is 7.75. The van der Waals surface area contributed by atoms with Crippen molar-refractivity contribution < 1.29 is 17.9 Å². The molecule has 0 aliphatic rings. The minimum atomic E-state index is -4.48. The fourth-order valence-corrected chi connectivity index (χ4v) is 1.26. The molecule has 0 aliphatic carbocycles. The molecule has 1 aromatic heterocycles. The smallest absolute Gasteiger partial charge is 0.425 e. The number of halogens is 3. The zero-order chi connectivity index (χ0) is 13.2. The van der Waals surface area contributed by atoms with E-state index in [9.17, 15) is 13.2 Å². The first-order valence-corrected chi connectivity index (χ1v) is 4.87. The quantitative estimate of drug-likeness (QED) is 0.803. The fraction of sp³-hybridized carbons (Fsp3) is 0.455. The third-order valence-corrected chi connectivity index (χ3v) is 2.17. The van der Waals surface area contributed by atoms with Crippen molar-refractivity contribution in [2.24, 2.45) is 0 Å². The average Bonchev–Trinajstić information content (AvgIpc) is 2.15. The molecule has 17 heavy (non-hydrogen) atoms. The van der Waals surface area contributed by atoms with Crippen LogP contribution in [0.5, 0.6) is 5.88 Å². The van der Waals surface area contributed by atoms with E-state index in [0.717, 1.165) is 6.92 Å². The van der Waals surface area contributed by atoms with E-state index in [0.29, 0.717) is 11.3 Å². The third kappa shape index (κ3) is 3.09. The van der Waals surface area contributed by atoms with Gasteiger partial charge in [-0.25, -0.2) is 4.98 Å². The highest BCUT2D eigenvalue weighted by molar-refractivity contribution is 5.45. The van der Waals surface area contributed by atoms with Crippen LogP contribution in [0.15, 0.2) is 6.07 Å². The Bertz CT molecular complexity index is 463. The molecule has 0 aromatic carbocycles. The normalized spacial score (nSPS) is 13.0. The second-order valence-electron chi connectivity index (χ2n) is 3.67. The zero-order valence-electron chi connectivity index (χ0n) is 9.59. The van der Waals surface area contributed by atoms with E-state index in [-0.39, 0.29) is 11.4 Å². The predicted octanol–water partition coefficient (Wildman–Crippen LogP) is 2.90. The number of ether oxygens (including phenoxy) is 1. The van der Waals surface area contributed by atoms with Crippen molar-refractivity contribution in [3.05, 3.63) is 22.9 Å². The van der Waals surface area contributed by atoms with Crippen molar-refractivity contribution in [3.8, 4) is 11.9 Å². The standard InChI is InChI=1S/C11H11F3N2O/c1-6-4-7(2)16-10(9(6)5-15)17-8(3)11(12,13)14/h4,8H,1-3H3. The molecule has 3 nitrogen and oxygen atoms in total. The molecule has 92 valence electrons. The van der Waals surface area contributed by atoms with Crippen LogP contribution in [0.3, 0.4) is 0 Å². The number of aryl methyl sites for hydroxylation is 2. The molecule has 0 N–H and O–H groups in total. The monoisotopic (exact) mass is 244 g/mol. The van der Waals surface area contributed by atoms with Gasteiger partial charge in [0.1, 0.15) is 11.6 Å². The molecule has 0 aliphatic heterocycles. The van der Waals surface area contributed by atoms with Crippen molar-refractivity contribution in [3.63, 3.8) is 0 Å². The third-order valence-electron chi connectivity index (χ3n) is 2.17. The van der Waals surface area contributed by atoms with Crippen molar-refractivity contribution in [2.45, 2.75) is 33.1 Å². The summed E-state index contributed by atoms with van der Waals surface area (Å²) in [5.74, 6) is -0.269. The maximum atomic E-state index is 12.3. The van der Waals surface area contributed by atoms with E-state index in [1.807, 2.05) is 0 Å². The molecule has 0 saturated carbocycles. The second kappa shape index (κ2) is 4.62. The first-order valence-electron chi connectivity index (χ1n) is 4.87. The van der Waals surface area contributed by atoms with Crippen LogP contribution in [0.2, 0.25) is 0 Å². The molecule has 0 fully saturated rings. The summed E-state index contributed by atoms with van der Waals surface area (Å²) >= 11 is 0. The van der Waals surface area contributed by atoms with E-state index in [1.54, 1.807) is 26.0 Å². The average molecular weight is 244 g/mol. The molecular formula is C11H11F3N2O. The Morgan fingerprint density at radius 2 is 2.00 bits per heavy atom. The van der Waals surface area contributed by atoms with Gasteiger partial charge in [-0.15, -0.1) is 0 Å². The Kier molecular flexibility index (Phi) is 3.61. The van der Waals surface area contributed by atoms with E-state index in [2.05, 4.69) is 4.98 Å². The molecule has 1 atom stereocenters. The zero-order valence-corrected chi connectivity index (χ0v) is 9.59. The number of pyridine rings is 1. The fourth-order valence-electron chi connectivity index (χ4n) is 1.26. The van der Waals surface area contributed by atoms with E-state index in [4.69, 9.17) is 10.00 Å². The lowest BCUT2D eigenvalue weighted by Crippen LogP contribution is -2.31. The summed E-state index contributed by atoms with van der Waals surface area (Å²) < 4.78 is 41.7. The van der Waals surface area contributed by atoms with Crippen molar-refractivity contribution in [1.29, 1.82) is 5.26 Å². The Morgan fingerprint density at radius 1 is 1.41 bits per heavy atom. The highest BCUT2D eigenvalue weighted by Crippen LogP contribution is 2.27. The molecule has 0 radical (unpaired) electrons. The summed E-state index contributed by atoms with van der Waals surface area (Å²) in [5, 5.41) is 8.85. The Labute approximate surface area is 96.8 Å². The molecule has 0 spiro atoms. The largest absolute Gasteiger partial charge is 0.464 e. The summed E-state index contributed by atoms with van der Waals surface area (Å²) in [6.45, 7) is 4.12. The number of hydrogen-bond donors (Lipinski definition) is 0. The molecule has 0 amide bonds. The maximum absolute atomic E-state index is 12.3. The van der Waals surface area contributed by atoms with Gasteiger partial charge in [0.15, 0.2) is 6.10 Å². The van der Waals surface area contributed by atoms with Gasteiger partial charge in [0.05, 0.1) is 0 Å². The Balaban J connectivity index is 3.11. The molecule has 0 bridgehead atoms. The van der Waals surface area contributed by atoms with E-state index in [1.165, 1.54) is 0 Å². The van der Waals surface area contributed by atoms with Gasteiger partial charge in [-0.1, -0.05) is 0 Å². The minimum absolute atomic E-state index is 0.0340. The number of rotatable bonds is 2. The molecule has 0 saturated heterocycles. The predicted molar refractivity (Wildman–Crippen MR) is 54.6 cm³/mol. The van der Waals surface area contributed by atoms with Gasteiger partial charge < -0.3 is 4.74 Å². The summed E-state index contributed by atoms with van der Waals surface area (Å²) in [6.07, 6.45) is -6.48. The van der Waals surface area contributed by atoms with Gasteiger partial charge in [0.25, 0.3) is 0 Å². The van der Waals surface area contributed by atoms with Crippen LogP contribution in [0, 0.1) is 25.2 Å². The minimum Gasteiger partial charge on any atom is -0.464 e. The van der Waals surface area contributed by atoms with E-state index >= 15 is 0 Å². The molecule has 6 heteroatoms. The van der Waals surface area contributed by atoms with Crippen LogP contribution in [-0.2, 0) is 0 Å². The number of hydrogen-bond acceptors (Lipinski definition) is 3. The van der Waals surface area contributed by atoms with Gasteiger partial charge in [-0.3, -0.25) is 0 Å². The van der Waals surface area contributed by atoms with E-state index < -0.39 is 12.3 Å². The first kappa shape index (κ1) is 13.3. The molecule has 1 rings (SSSR count). The summed E-state index contributed by atoms with van der Waals surface area (Å²) in [7, 11) is 0. The van der Waals surface area contributed by atoms with Crippen molar-refractivity contribution >= 4 is 0 Å². The topological polar surface area (TPSA) is 45.9 Å². The van der Waals surface area contributed by atoms with Crippen LogP contribution in [-0.4, -0.2) is 17.3 Å². The van der Waals surface area contributed by atoms with Crippen molar-refractivity contribution in [2.75, 3.05) is 0 Å². The molecule has 1 heterocycles. The molecule has 1 unspecified atom stereocenters. The number of nitrogens with zero attached hydrogens (tertiary/aromatic N) is 2. The number of nitriles is 1. The van der Waals surface area contributed by atoms with Crippen LogP contribution < -0.4 is 4.74 Å². The van der Waals surface area contributed by atoms with Gasteiger partial charge in [0, 0.05) is 5.69 Å². The lowest BCUT2D eigenvalue weighted by Gasteiger charge is -2.18. The summed E-state index contributed by atoms with van der Waals surface area (Å²) in [5.41, 5.74) is 1.09. The van der Waals surface area contributed by atoms with Crippen LogP contribution >= 0.6 is 0 Å². The Morgan fingerprint density at radius 3 is 2.47 bits per heavy atom. The molecule has 1 aromatic rings. The van der Waals surface area contributed by atoms with Gasteiger partial charge in [0.2, 0.25) is 5.88 Å². The van der Waals surface area contributed by atoms with Crippen molar-refractivity contribution in [1.82, 2.24) is 4.98 Å². The molecular weight excluding hydrogens is 233 g/mol.